The second-order valence-electron chi connectivity index (χ2n) is 6.77. The molecular formula is C22H27NO5S. The van der Waals surface area contributed by atoms with E-state index >= 15 is 0 Å². The third kappa shape index (κ3) is 5.73. The summed E-state index contributed by atoms with van der Waals surface area (Å²) in [5, 5.41) is 5.43. The standard InChI is InChI=1S/C22H27NO5S/c1-3-26-17-8-5-6-9-18(17)28-13-7-10-19(24)23-21-20(22(25)27-4-2)16(14-29-21)15-11-12-15/h5-6,8-9,14-15H,3-4,7,10-13H2,1-2H3,(H,23,24). The van der Waals surface area contributed by atoms with E-state index < -0.39 is 0 Å². The zero-order valence-corrected chi connectivity index (χ0v) is 17.7. The second-order valence-corrected chi connectivity index (χ2v) is 7.65. The molecule has 0 spiro atoms. The number of hydrogen-bond acceptors (Lipinski definition) is 6. The molecule has 0 radical (unpaired) electrons. The Morgan fingerprint density at radius 1 is 1.10 bits per heavy atom. The number of thiophene rings is 1. The van der Waals surface area contributed by atoms with Crippen molar-refractivity contribution in [2.24, 2.45) is 0 Å². The van der Waals surface area contributed by atoms with Crippen LogP contribution in [0.2, 0.25) is 0 Å². The highest BCUT2D eigenvalue weighted by Crippen LogP contribution is 2.46. The zero-order chi connectivity index (χ0) is 20.6. The van der Waals surface area contributed by atoms with E-state index in [1.165, 1.54) is 11.3 Å². The number of amides is 1. The molecule has 0 atom stereocenters. The quantitative estimate of drug-likeness (QED) is 0.411. The van der Waals surface area contributed by atoms with Gasteiger partial charge in [-0.25, -0.2) is 4.79 Å². The van der Waals surface area contributed by atoms with E-state index in [9.17, 15) is 9.59 Å². The minimum atomic E-state index is -0.359. The van der Waals surface area contributed by atoms with E-state index in [1.54, 1.807) is 6.92 Å². The molecule has 1 heterocycles. The fraction of sp³-hybridized carbons (Fsp3) is 0.455. The Morgan fingerprint density at radius 2 is 1.83 bits per heavy atom. The van der Waals surface area contributed by atoms with Crippen molar-refractivity contribution in [3.63, 3.8) is 0 Å². The number of ether oxygens (including phenoxy) is 3. The molecule has 1 amide bonds. The normalized spacial score (nSPS) is 13.0. The van der Waals surface area contributed by atoms with Gasteiger partial charge in [-0.15, -0.1) is 11.3 Å². The number of esters is 1. The Morgan fingerprint density at radius 3 is 2.48 bits per heavy atom. The number of benzene rings is 1. The van der Waals surface area contributed by atoms with Crippen LogP contribution in [0.4, 0.5) is 5.00 Å². The van der Waals surface area contributed by atoms with Crippen molar-refractivity contribution in [3.05, 3.63) is 40.8 Å². The molecule has 7 heteroatoms. The van der Waals surface area contributed by atoms with E-state index in [2.05, 4.69) is 5.32 Å². The molecule has 1 aliphatic rings. The fourth-order valence-electron chi connectivity index (χ4n) is 3.02. The number of carbonyl (C=O) groups excluding carboxylic acids is 2. The summed E-state index contributed by atoms with van der Waals surface area (Å²) >= 11 is 1.39. The van der Waals surface area contributed by atoms with Gasteiger partial charge in [-0.05, 0) is 62.1 Å². The molecule has 1 aromatic heterocycles. The lowest BCUT2D eigenvalue weighted by atomic mass is 10.1. The molecule has 29 heavy (non-hydrogen) atoms. The van der Waals surface area contributed by atoms with Crippen LogP contribution in [-0.4, -0.2) is 31.7 Å². The van der Waals surface area contributed by atoms with Gasteiger partial charge in [0, 0.05) is 6.42 Å². The molecule has 0 saturated heterocycles. The van der Waals surface area contributed by atoms with E-state index in [0.717, 1.165) is 18.4 Å². The molecule has 1 saturated carbocycles. The lowest BCUT2D eigenvalue weighted by Gasteiger charge is -2.11. The Bertz CT molecular complexity index is 843. The fourth-order valence-corrected chi connectivity index (χ4v) is 4.07. The van der Waals surface area contributed by atoms with Gasteiger partial charge in [0.05, 0.1) is 25.4 Å². The summed E-state index contributed by atoms with van der Waals surface area (Å²) in [6, 6.07) is 7.48. The molecule has 1 N–H and O–H groups in total. The number of hydrogen-bond donors (Lipinski definition) is 1. The van der Waals surface area contributed by atoms with Crippen LogP contribution in [0.25, 0.3) is 0 Å². The smallest absolute Gasteiger partial charge is 0.341 e. The predicted octanol–water partition coefficient (Wildman–Crippen LogP) is 5.00. The van der Waals surface area contributed by atoms with Gasteiger partial charge >= 0.3 is 5.97 Å². The third-order valence-corrected chi connectivity index (χ3v) is 5.44. The minimum absolute atomic E-state index is 0.138. The summed E-state index contributed by atoms with van der Waals surface area (Å²) in [6.07, 6.45) is 3.02. The largest absolute Gasteiger partial charge is 0.490 e. The monoisotopic (exact) mass is 417 g/mol. The van der Waals surface area contributed by atoms with Gasteiger partial charge in [-0.2, -0.15) is 0 Å². The number of nitrogens with one attached hydrogen (secondary N) is 1. The van der Waals surface area contributed by atoms with Crippen LogP contribution >= 0.6 is 11.3 Å². The second kappa shape index (κ2) is 10.3. The Kier molecular flexibility index (Phi) is 7.52. The first-order chi connectivity index (χ1) is 14.1. The van der Waals surface area contributed by atoms with Crippen molar-refractivity contribution in [1.82, 2.24) is 0 Å². The summed E-state index contributed by atoms with van der Waals surface area (Å²) < 4.78 is 16.5. The Labute approximate surface area is 175 Å². The van der Waals surface area contributed by atoms with E-state index in [1.807, 2.05) is 36.6 Å². The summed E-state index contributed by atoms with van der Waals surface area (Å²) in [6.45, 7) is 4.98. The molecule has 3 rings (SSSR count). The first kappa shape index (κ1) is 21.2. The van der Waals surface area contributed by atoms with E-state index in [4.69, 9.17) is 14.2 Å². The molecule has 6 nitrogen and oxygen atoms in total. The average molecular weight is 418 g/mol. The third-order valence-electron chi connectivity index (χ3n) is 4.52. The number of carbonyl (C=O) groups is 2. The van der Waals surface area contributed by atoms with Crippen LogP contribution in [0.3, 0.4) is 0 Å². The summed E-state index contributed by atoms with van der Waals surface area (Å²) in [4.78, 5) is 24.7. The summed E-state index contributed by atoms with van der Waals surface area (Å²) in [5.74, 6) is 1.29. The van der Waals surface area contributed by atoms with Gasteiger partial charge < -0.3 is 19.5 Å². The van der Waals surface area contributed by atoms with Crippen LogP contribution in [0.5, 0.6) is 11.5 Å². The lowest BCUT2D eigenvalue weighted by molar-refractivity contribution is -0.116. The number of anilines is 1. The molecule has 1 aliphatic carbocycles. The van der Waals surface area contributed by atoms with Crippen LogP contribution < -0.4 is 14.8 Å². The van der Waals surface area contributed by atoms with Gasteiger partial charge in [0.15, 0.2) is 11.5 Å². The van der Waals surface area contributed by atoms with Crippen molar-refractivity contribution >= 4 is 28.2 Å². The Hall–Kier alpha value is -2.54. The van der Waals surface area contributed by atoms with Gasteiger partial charge in [0.1, 0.15) is 5.00 Å². The molecule has 0 unspecified atom stereocenters. The van der Waals surface area contributed by atoms with Crippen molar-refractivity contribution in [3.8, 4) is 11.5 Å². The summed E-state index contributed by atoms with van der Waals surface area (Å²) in [5.41, 5.74) is 1.52. The highest BCUT2D eigenvalue weighted by Gasteiger charge is 2.32. The van der Waals surface area contributed by atoms with E-state index in [-0.39, 0.29) is 11.9 Å². The molecule has 2 aromatic rings. The maximum absolute atomic E-state index is 12.4. The first-order valence-electron chi connectivity index (χ1n) is 10.1. The highest BCUT2D eigenvalue weighted by molar-refractivity contribution is 7.15. The topological polar surface area (TPSA) is 73.9 Å². The molecule has 0 aliphatic heterocycles. The van der Waals surface area contributed by atoms with Crippen molar-refractivity contribution < 1.29 is 23.8 Å². The zero-order valence-electron chi connectivity index (χ0n) is 16.9. The lowest BCUT2D eigenvalue weighted by Crippen LogP contribution is -2.15. The molecular weight excluding hydrogens is 390 g/mol. The van der Waals surface area contributed by atoms with Crippen LogP contribution in [0.1, 0.15) is 61.4 Å². The van der Waals surface area contributed by atoms with Crippen LogP contribution in [0, 0.1) is 0 Å². The van der Waals surface area contributed by atoms with E-state index in [0.29, 0.717) is 60.6 Å². The number of rotatable bonds is 11. The van der Waals surface area contributed by atoms with Gasteiger partial charge in [-0.3, -0.25) is 4.79 Å². The average Bonchev–Trinajstić information content (AvgIpc) is 3.47. The predicted molar refractivity (Wildman–Crippen MR) is 113 cm³/mol. The SMILES string of the molecule is CCOC(=O)c1c(C2CC2)csc1NC(=O)CCCOc1ccccc1OCC. The maximum atomic E-state index is 12.4. The number of para-hydroxylation sites is 2. The molecule has 1 aromatic carbocycles. The van der Waals surface area contributed by atoms with Gasteiger partial charge in [-0.1, -0.05) is 12.1 Å². The molecule has 1 fully saturated rings. The van der Waals surface area contributed by atoms with Gasteiger partial charge in [0.25, 0.3) is 0 Å². The first-order valence-corrected chi connectivity index (χ1v) is 10.9. The molecule has 156 valence electrons. The van der Waals surface area contributed by atoms with Crippen LogP contribution in [0.15, 0.2) is 29.6 Å². The van der Waals surface area contributed by atoms with Gasteiger partial charge in [0.2, 0.25) is 5.91 Å². The Balaban J connectivity index is 1.52. The highest BCUT2D eigenvalue weighted by atomic mass is 32.1. The van der Waals surface area contributed by atoms with Crippen molar-refractivity contribution in [2.75, 3.05) is 25.1 Å². The molecule has 0 bridgehead atoms. The summed E-state index contributed by atoms with van der Waals surface area (Å²) in [7, 11) is 0. The maximum Gasteiger partial charge on any atom is 0.341 e. The van der Waals surface area contributed by atoms with Crippen LogP contribution in [-0.2, 0) is 9.53 Å². The van der Waals surface area contributed by atoms with Crippen molar-refractivity contribution in [1.29, 1.82) is 0 Å². The minimum Gasteiger partial charge on any atom is -0.490 e. The van der Waals surface area contributed by atoms with Crippen molar-refractivity contribution in [2.45, 2.75) is 45.4 Å².